The Balaban J connectivity index is 1.74. The van der Waals surface area contributed by atoms with Crippen LogP contribution in [0, 0.1) is 11.3 Å². The van der Waals surface area contributed by atoms with E-state index in [-0.39, 0.29) is 22.4 Å². The number of carbonyl (C=O) groups is 2. The Morgan fingerprint density at radius 2 is 1.94 bits per heavy atom. The molecule has 1 aliphatic carbocycles. The number of hydrogen-bond donors (Lipinski definition) is 2. The van der Waals surface area contributed by atoms with Crippen molar-refractivity contribution in [2.24, 2.45) is 11.3 Å². The molecule has 2 aromatic rings. The van der Waals surface area contributed by atoms with Gasteiger partial charge in [-0.2, -0.15) is 0 Å². The molecule has 7 heteroatoms. The first-order valence-corrected chi connectivity index (χ1v) is 11.5. The molecule has 0 aliphatic heterocycles. The van der Waals surface area contributed by atoms with Crippen molar-refractivity contribution in [1.29, 1.82) is 0 Å². The summed E-state index contributed by atoms with van der Waals surface area (Å²) in [6, 6.07) is 9.54. The number of hydrogen-bond acceptors (Lipinski definition) is 5. The molecule has 31 heavy (non-hydrogen) atoms. The molecule has 0 radical (unpaired) electrons. The number of thiocarbonyl (C=S) groups is 1. The van der Waals surface area contributed by atoms with Gasteiger partial charge in [-0.05, 0) is 60.0 Å². The SMILES string of the molecule is COC(=O)c1c(NC(=S)NC(=O)/C=C/c2ccccc2)sc2c1CCC(C(C)(C)C)C2. The fourth-order valence-corrected chi connectivity index (χ4v) is 5.34. The molecule has 1 aliphatic rings. The second-order valence-corrected chi connectivity index (χ2v) is 10.2. The Morgan fingerprint density at radius 1 is 1.23 bits per heavy atom. The predicted octanol–water partition coefficient (Wildman–Crippen LogP) is 5.21. The summed E-state index contributed by atoms with van der Waals surface area (Å²) in [5.41, 5.74) is 2.70. The van der Waals surface area contributed by atoms with Gasteiger partial charge >= 0.3 is 5.97 Å². The van der Waals surface area contributed by atoms with Crippen molar-refractivity contribution in [3.8, 4) is 0 Å². The molecule has 1 amide bonds. The first-order chi connectivity index (χ1) is 14.7. The monoisotopic (exact) mass is 456 g/mol. The van der Waals surface area contributed by atoms with Gasteiger partial charge in [0.1, 0.15) is 5.00 Å². The predicted molar refractivity (Wildman–Crippen MR) is 130 cm³/mol. The van der Waals surface area contributed by atoms with Crippen molar-refractivity contribution in [3.05, 3.63) is 58.0 Å². The van der Waals surface area contributed by atoms with Gasteiger partial charge in [0.25, 0.3) is 0 Å². The molecule has 0 saturated heterocycles. The maximum absolute atomic E-state index is 12.5. The smallest absolute Gasteiger partial charge is 0.341 e. The van der Waals surface area contributed by atoms with E-state index in [1.165, 1.54) is 29.4 Å². The van der Waals surface area contributed by atoms with E-state index >= 15 is 0 Å². The standard InChI is InChI=1S/C24H28N2O3S2/c1-24(2,3)16-11-12-17-18(14-16)31-21(20(17)22(28)29-4)26-23(30)25-19(27)13-10-15-8-6-5-7-9-15/h5-10,13,16H,11-12,14H2,1-4H3,(H2,25,26,27,30)/b13-10+. The van der Waals surface area contributed by atoms with Gasteiger partial charge in [-0.15, -0.1) is 11.3 Å². The second kappa shape index (κ2) is 9.75. The molecule has 2 N–H and O–H groups in total. The van der Waals surface area contributed by atoms with Crippen LogP contribution in [-0.2, 0) is 22.4 Å². The van der Waals surface area contributed by atoms with Crippen LogP contribution in [0.5, 0.6) is 0 Å². The summed E-state index contributed by atoms with van der Waals surface area (Å²) in [6.07, 6.45) is 5.93. The molecular formula is C24H28N2O3S2. The first-order valence-electron chi connectivity index (χ1n) is 10.3. The summed E-state index contributed by atoms with van der Waals surface area (Å²) < 4.78 is 5.03. The average Bonchev–Trinajstić information content (AvgIpc) is 3.08. The summed E-state index contributed by atoms with van der Waals surface area (Å²) in [5, 5.41) is 6.47. The number of ether oxygens (including phenoxy) is 1. The van der Waals surface area contributed by atoms with Crippen molar-refractivity contribution in [1.82, 2.24) is 5.32 Å². The van der Waals surface area contributed by atoms with Crippen LogP contribution >= 0.6 is 23.6 Å². The number of esters is 1. The van der Waals surface area contributed by atoms with Crippen molar-refractivity contribution < 1.29 is 14.3 Å². The molecule has 0 fully saturated rings. The normalized spacial score (nSPS) is 15.9. The van der Waals surface area contributed by atoms with Crippen LogP contribution in [-0.4, -0.2) is 24.1 Å². The summed E-state index contributed by atoms with van der Waals surface area (Å²) in [5.74, 6) is -0.172. The Bertz CT molecular complexity index is 1000. The molecule has 1 aromatic heterocycles. The lowest BCUT2D eigenvalue weighted by Crippen LogP contribution is -2.33. The first kappa shape index (κ1) is 23.2. The zero-order valence-corrected chi connectivity index (χ0v) is 19.9. The van der Waals surface area contributed by atoms with Crippen molar-refractivity contribution in [3.63, 3.8) is 0 Å². The number of benzene rings is 1. The average molecular weight is 457 g/mol. The van der Waals surface area contributed by atoms with Crippen LogP contribution in [0.1, 0.15) is 53.6 Å². The quantitative estimate of drug-likeness (QED) is 0.375. The summed E-state index contributed by atoms with van der Waals surface area (Å²) in [7, 11) is 1.38. The van der Waals surface area contributed by atoms with Gasteiger partial charge in [0.2, 0.25) is 5.91 Å². The van der Waals surface area contributed by atoms with Gasteiger partial charge < -0.3 is 10.1 Å². The van der Waals surface area contributed by atoms with E-state index in [0.29, 0.717) is 16.5 Å². The van der Waals surface area contributed by atoms with Crippen LogP contribution in [0.25, 0.3) is 6.08 Å². The Morgan fingerprint density at radius 3 is 2.58 bits per heavy atom. The van der Waals surface area contributed by atoms with Crippen LogP contribution < -0.4 is 10.6 Å². The lowest BCUT2D eigenvalue weighted by Gasteiger charge is -2.33. The Hall–Kier alpha value is -2.51. The molecule has 0 saturated carbocycles. The van der Waals surface area contributed by atoms with Gasteiger partial charge in [0.05, 0.1) is 12.7 Å². The van der Waals surface area contributed by atoms with Gasteiger partial charge in [-0.25, -0.2) is 4.79 Å². The maximum Gasteiger partial charge on any atom is 0.341 e. The van der Waals surface area contributed by atoms with Crippen LogP contribution in [0.2, 0.25) is 0 Å². The summed E-state index contributed by atoms with van der Waals surface area (Å²) in [4.78, 5) is 25.9. The van der Waals surface area contributed by atoms with E-state index < -0.39 is 0 Å². The zero-order chi connectivity index (χ0) is 22.6. The van der Waals surface area contributed by atoms with Crippen LogP contribution in [0.15, 0.2) is 36.4 Å². The number of rotatable bonds is 4. The second-order valence-electron chi connectivity index (χ2n) is 8.69. The lowest BCUT2D eigenvalue weighted by atomic mass is 9.72. The minimum atomic E-state index is -0.382. The highest BCUT2D eigenvalue weighted by atomic mass is 32.1. The molecule has 5 nitrogen and oxygen atoms in total. The van der Waals surface area contributed by atoms with Gasteiger partial charge in [0.15, 0.2) is 5.11 Å². The molecule has 1 unspecified atom stereocenters. The summed E-state index contributed by atoms with van der Waals surface area (Å²) >= 11 is 6.85. The fourth-order valence-electron chi connectivity index (χ4n) is 3.76. The highest BCUT2D eigenvalue weighted by Gasteiger charge is 2.34. The maximum atomic E-state index is 12.5. The van der Waals surface area contributed by atoms with E-state index in [9.17, 15) is 9.59 Å². The highest BCUT2D eigenvalue weighted by molar-refractivity contribution is 7.80. The van der Waals surface area contributed by atoms with Crippen LogP contribution in [0.4, 0.5) is 5.00 Å². The lowest BCUT2D eigenvalue weighted by molar-refractivity contribution is -0.115. The topological polar surface area (TPSA) is 67.4 Å². The molecule has 3 rings (SSSR count). The van der Waals surface area contributed by atoms with E-state index in [4.69, 9.17) is 17.0 Å². The third-order valence-electron chi connectivity index (χ3n) is 5.57. The van der Waals surface area contributed by atoms with Gasteiger partial charge in [-0.3, -0.25) is 10.1 Å². The Labute approximate surface area is 192 Å². The highest BCUT2D eigenvalue weighted by Crippen LogP contribution is 2.44. The number of anilines is 1. The Kier molecular flexibility index (Phi) is 7.28. The minimum absolute atomic E-state index is 0.152. The van der Waals surface area contributed by atoms with Crippen LogP contribution in [0.3, 0.4) is 0 Å². The third kappa shape index (κ3) is 5.80. The number of amides is 1. The van der Waals surface area contributed by atoms with E-state index in [1.54, 1.807) is 6.08 Å². The van der Waals surface area contributed by atoms with Crippen molar-refractivity contribution in [2.75, 3.05) is 12.4 Å². The molecule has 1 heterocycles. The number of nitrogens with one attached hydrogen (secondary N) is 2. The number of thiophene rings is 1. The molecule has 0 bridgehead atoms. The van der Waals surface area contributed by atoms with Gasteiger partial charge in [0, 0.05) is 11.0 Å². The number of methoxy groups -OCH3 is 1. The molecule has 1 atom stereocenters. The molecule has 0 spiro atoms. The third-order valence-corrected chi connectivity index (χ3v) is 6.94. The molecular weight excluding hydrogens is 428 g/mol. The number of fused-ring (bicyclic) bond motifs is 1. The molecule has 1 aromatic carbocycles. The van der Waals surface area contributed by atoms with Crippen molar-refractivity contribution in [2.45, 2.75) is 40.0 Å². The zero-order valence-electron chi connectivity index (χ0n) is 18.3. The largest absolute Gasteiger partial charge is 0.465 e. The van der Waals surface area contributed by atoms with Gasteiger partial charge in [-0.1, -0.05) is 51.1 Å². The molecule has 164 valence electrons. The van der Waals surface area contributed by atoms with E-state index in [2.05, 4.69) is 31.4 Å². The van der Waals surface area contributed by atoms with Crippen molar-refractivity contribution >= 4 is 51.6 Å². The summed E-state index contributed by atoms with van der Waals surface area (Å²) in [6.45, 7) is 6.76. The fraction of sp³-hybridized carbons (Fsp3) is 0.375. The van der Waals surface area contributed by atoms with E-state index in [1.807, 2.05) is 30.3 Å². The van der Waals surface area contributed by atoms with E-state index in [0.717, 1.165) is 30.4 Å². The minimum Gasteiger partial charge on any atom is -0.465 e. The number of carbonyl (C=O) groups excluding carboxylic acids is 2.